The topological polar surface area (TPSA) is 12.0 Å². The minimum absolute atomic E-state index is 0.491. The zero-order valence-electron chi connectivity index (χ0n) is 7.06. The van der Waals surface area contributed by atoms with Crippen molar-refractivity contribution in [1.29, 1.82) is 0 Å². The molecule has 0 aliphatic heterocycles. The van der Waals surface area contributed by atoms with Crippen LogP contribution in [-0.2, 0) is 0 Å². The molecule has 0 unspecified atom stereocenters. The van der Waals surface area contributed by atoms with E-state index in [-0.39, 0.29) is 0 Å². The Morgan fingerprint density at radius 2 is 1.90 bits per heavy atom. The lowest BCUT2D eigenvalue weighted by Gasteiger charge is -2.08. The van der Waals surface area contributed by atoms with Crippen molar-refractivity contribution in [3.8, 4) is 0 Å². The van der Waals surface area contributed by atoms with E-state index in [4.69, 9.17) is 12.2 Å². The Hall–Kier alpha value is -0.370. The molecule has 58 valence electrons. The second-order valence-corrected chi connectivity index (χ2v) is 3.38. The van der Waals surface area contributed by atoms with Crippen molar-refractivity contribution >= 4 is 17.1 Å². The van der Waals surface area contributed by atoms with Crippen LogP contribution in [0.25, 0.3) is 0 Å². The second-order valence-electron chi connectivity index (χ2n) is 2.74. The zero-order valence-corrected chi connectivity index (χ0v) is 7.88. The monoisotopic (exact) mass is 157 g/mol. The Labute approximate surface area is 68.5 Å². The highest BCUT2D eigenvalue weighted by molar-refractivity contribution is 7.80. The molecule has 0 rings (SSSR count). The van der Waals surface area contributed by atoms with Crippen molar-refractivity contribution < 1.29 is 0 Å². The molecular formula is C8H15NS. The van der Waals surface area contributed by atoms with E-state index in [2.05, 4.69) is 19.2 Å². The fraction of sp³-hybridized carbons (Fsp3) is 0.625. The molecule has 10 heavy (non-hydrogen) atoms. The third-order valence-electron chi connectivity index (χ3n) is 0.936. The van der Waals surface area contributed by atoms with Gasteiger partial charge in [-0.2, -0.15) is 0 Å². The van der Waals surface area contributed by atoms with Crippen LogP contribution < -0.4 is 5.32 Å². The van der Waals surface area contributed by atoms with Crippen LogP contribution in [-0.4, -0.2) is 10.9 Å². The van der Waals surface area contributed by atoms with Gasteiger partial charge in [-0.25, -0.2) is 0 Å². The summed E-state index contributed by atoms with van der Waals surface area (Å²) in [6, 6.07) is 0.491. The highest BCUT2D eigenvalue weighted by Crippen LogP contribution is 1.91. The molecule has 0 amide bonds. The predicted molar refractivity (Wildman–Crippen MR) is 50.3 cm³/mol. The van der Waals surface area contributed by atoms with Crippen molar-refractivity contribution in [2.75, 3.05) is 0 Å². The number of hydrogen-bond donors (Lipinski definition) is 1. The van der Waals surface area contributed by atoms with Crippen LogP contribution in [0.4, 0.5) is 0 Å². The summed E-state index contributed by atoms with van der Waals surface area (Å²) >= 11 is 4.91. The van der Waals surface area contributed by atoms with E-state index in [1.807, 2.05) is 19.9 Å². The highest BCUT2D eigenvalue weighted by Gasteiger charge is 1.91. The molecule has 2 heteroatoms. The fourth-order valence-electron chi connectivity index (χ4n) is 0.802. The molecule has 0 bridgehead atoms. The Bertz CT molecular complexity index is 147. The molecule has 0 aromatic heterocycles. The molecule has 0 aliphatic carbocycles. The molecule has 0 atom stereocenters. The molecular weight excluding hydrogens is 142 g/mol. The summed E-state index contributed by atoms with van der Waals surface area (Å²) in [5, 5.41) is 3.25. The molecule has 0 radical (unpaired) electrons. The minimum atomic E-state index is 0.491. The Morgan fingerprint density at radius 3 is 2.20 bits per heavy atom. The second kappa shape index (κ2) is 4.45. The maximum absolute atomic E-state index is 4.91. The Morgan fingerprint density at radius 1 is 1.40 bits per heavy atom. The standard InChI is InChI=1S/C8H15NS/c1-6(2)9-7(3)5-8(4)10/h5-6,9H,1-4H3/b7-5-. The maximum Gasteiger partial charge on any atom is 0.0201 e. The van der Waals surface area contributed by atoms with E-state index in [9.17, 15) is 0 Å². The quantitative estimate of drug-likeness (QED) is 0.498. The summed E-state index contributed by atoms with van der Waals surface area (Å²) in [6.07, 6.45) is 1.97. The summed E-state index contributed by atoms with van der Waals surface area (Å²) in [4.78, 5) is 0.922. The molecule has 1 nitrogen and oxygen atoms in total. The first-order chi connectivity index (χ1) is 4.52. The summed E-state index contributed by atoms with van der Waals surface area (Å²) in [7, 11) is 0. The number of allylic oxidation sites excluding steroid dienone is 2. The van der Waals surface area contributed by atoms with Gasteiger partial charge in [0, 0.05) is 16.6 Å². The number of nitrogens with one attached hydrogen (secondary N) is 1. The Kier molecular flexibility index (Phi) is 4.28. The summed E-state index contributed by atoms with van der Waals surface area (Å²) < 4.78 is 0. The third kappa shape index (κ3) is 5.76. The summed E-state index contributed by atoms with van der Waals surface area (Å²) in [5.41, 5.74) is 1.14. The first-order valence-electron chi connectivity index (χ1n) is 3.47. The molecule has 0 spiro atoms. The van der Waals surface area contributed by atoms with Crippen LogP contribution in [0.1, 0.15) is 27.7 Å². The lowest BCUT2D eigenvalue weighted by molar-refractivity contribution is 0.670. The lowest BCUT2D eigenvalue weighted by atomic mass is 10.3. The molecule has 0 saturated heterocycles. The van der Waals surface area contributed by atoms with Crippen molar-refractivity contribution in [3.05, 3.63) is 11.8 Å². The average molecular weight is 157 g/mol. The van der Waals surface area contributed by atoms with Crippen LogP contribution in [0.15, 0.2) is 11.8 Å². The summed E-state index contributed by atoms with van der Waals surface area (Å²) in [6.45, 7) is 8.16. The van der Waals surface area contributed by atoms with Gasteiger partial charge in [0.25, 0.3) is 0 Å². The van der Waals surface area contributed by atoms with Crippen molar-refractivity contribution in [2.45, 2.75) is 33.7 Å². The van der Waals surface area contributed by atoms with Crippen LogP contribution in [0, 0.1) is 0 Å². The largest absolute Gasteiger partial charge is 0.386 e. The minimum Gasteiger partial charge on any atom is -0.386 e. The maximum atomic E-state index is 4.91. The zero-order chi connectivity index (χ0) is 8.15. The predicted octanol–water partition coefficient (Wildman–Crippen LogP) is 2.28. The van der Waals surface area contributed by atoms with E-state index in [1.54, 1.807) is 0 Å². The van der Waals surface area contributed by atoms with Gasteiger partial charge in [-0.15, -0.1) is 0 Å². The fourth-order valence-corrected chi connectivity index (χ4v) is 0.979. The molecule has 0 heterocycles. The van der Waals surface area contributed by atoms with E-state index < -0.39 is 0 Å². The van der Waals surface area contributed by atoms with Crippen molar-refractivity contribution in [1.82, 2.24) is 5.32 Å². The molecule has 0 saturated carbocycles. The van der Waals surface area contributed by atoms with Gasteiger partial charge < -0.3 is 5.32 Å². The SMILES string of the molecule is CC(=S)/C=C(/C)NC(C)C. The number of rotatable bonds is 3. The van der Waals surface area contributed by atoms with E-state index in [0.717, 1.165) is 10.6 Å². The van der Waals surface area contributed by atoms with Gasteiger partial charge >= 0.3 is 0 Å². The molecule has 0 aromatic rings. The normalized spacial score (nSPS) is 11.9. The first-order valence-corrected chi connectivity index (χ1v) is 3.88. The van der Waals surface area contributed by atoms with Crippen LogP contribution in [0.5, 0.6) is 0 Å². The van der Waals surface area contributed by atoms with Gasteiger partial charge in [0.15, 0.2) is 0 Å². The molecule has 1 N–H and O–H groups in total. The van der Waals surface area contributed by atoms with Gasteiger partial charge in [-0.05, 0) is 33.8 Å². The van der Waals surface area contributed by atoms with Crippen molar-refractivity contribution in [2.24, 2.45) is 0 Å². The van der Waals surface area contributed by atoms with Gasteiger partial charge in [0.2, 0.25) is 0 Å². The third-order valence-corrected chi connectivity index (χ3v) is 1.05. The number of thiocarbonyl (C=S) groups is 1. The average Bonchev–Trinajstić information content (AvgIpc) is 1.58. The van der Waals surface area contributed by atoms with E-state index in [0.29, 0.717) is 6.04 Å². The van der Waals surface area contributed by atoms with Gasteiger partial charge in [-0.3, -0.25) is 0 Å². The smallest absolute Gasteiger partial charge is 0.0201 e. The summed E-state index contributed by atoms with van der Waals surface area (Å²) in [5.74, 6) is 0. The van der Waals surface area contributed by atoms with Gasteiger partial charge in [0.1, 0.15) is 0 Å². The van der Waals surface area contributed by atoms with Crippen LogP contribution >= 0.6 is 12.2 Å². The molecule has 0 aromatic carbocycles. The first kappa shape index (κ1) is 9.63. The van der Waals surface area contributed by atoms with Gasteiger partial charge in [-0.1, -0.05) is 12.2 Å². The Balaban J connectivity index is 3.83. The van der Waals surface area contributed by atoms with Crippen molar-refractivity contribution in [3.63, 3.8) is 0 Å². The molecule has 0 fully saturated rings. The van der Waals surface area contributed by atoms with Gasteiger partial charge in [0.05, 0.1) is 0 Å². The van der Waals surface area contributed by atoms with E-state index in [1.165, 1.54) is 0 Å². The van der Waals surface area contributed by atoms with Crippen LogP contribution in [0.2, 0.25) is 0 Å². The molecule has 0 aliphatic rings. The van der Waals surface area contributed by atoms with E-state index >= 15 is 0 Å². The van der Waals surface area contributed by atoms with Crippen LogP contribution in [0.3, 0.4) is 0 Å². The highest BCUT2D eigenvalue weighted by atomic mass is 32.1. The number of hydrogen-bond acceptors (Lipinski definition) is 2. The lowest BCUT2D eigenvalue weighted by Crippen LogP contribution is -2.20.